The van der Waals surface area contributed by atoms with E-state index in [2.05, 4.69) is 5.32 Å². The summed E-state index contributed by atoms with van der Waals surface area (Å²) in [5.74, 6) is -2.34. The Morgan fingerprint density at radius 1 is 1.45 bits per heavy atom. The Morgan fingerprint density at radius 2 is 2.10 bits per heavy atom. The van der Waals surface area contributed by atoms with Crippen LogP contribution in [0, 0.1) is 27.2 Å². The third kappa shape index (κ3) is 2.22. The van der Waals surface area contributed by atoms with Crippen LogP contribution in [0.15, 0.2) is 12.1 Å². The smallest absolute Gasteiger partial charge is 0.295 e. The minimum Gasteiger partial charge on any atom is -0.381 e. The van der Waals surface area contributed by atoms with E-state index in [4.69, 9.17) is 4.74 Å². The number of anilines is 1. The van der Waals surface area contributed by atoms with Crippen LogP contribution in [0.4, 0.5) is 20.2 Å². The van der Waals surface area contributed by atoms with E-state index in [0.29, 0.717) is 6.42 Å². The molecule has 0 radical (unpaired) electrons. The van der Waals surface area contributed by atoms with E-state index in [9.17, 15) is 18.9 Å². The van der Waals surface area contributed by atoms with Crippen molar-refractivity contribution in [1.82, 2.24) is 0 Å². The summed E-state index contributed by atoms with van der Waals surface area (Å²) in [6.07, 6.45) is 0.562. The predicted molar refractivity (Wildman–Crippen MR) is 69.6 cm³/mol. The number of halogens is 2. The van der Waals surface area contributed by atoms with Gasteiger partial charge in [0.05, 0.1) is 11.0 Å². The zero-order valence-corrected chi connectivity index (χ0v) is 11.4. The zero-order chi connectivity index (χ0) is 15.1. The van der Waals surface area contributed by atoms with Gasteiger partial charge in [-0.15, -0.1) is 0 Å². The van der Waals surface area contributed by atoms with Gasteiger partial charge in [0, 0.05) is 24.6 Å². The van der Waals surface area contributed by atoms with Gasteiger partial charge in [0.15, 0.2) is 17.3 Å². The zero-order valence-electron chi connectivity index (χ0n) is 11.4. The molecule has 0 aliphatic heterocycles. The van der Waals surface area contributed by atoms with Crippen molar-refractivity contribution in [1.29, 1.82) is 0 Å². The normalized spacial score (nSPS) is 24.1. The largest absolute Gasteiger partial charge is 0.381 e. The van der Waals surface area contributed by atoms with E-state index in [0.717, 1.165) is 12.1 Å². The van der Waals surface area contributed by atoms with Crippen LogP contribution in [0.5, 0.6) is 0 Å². The summed E-state index contributed by atoms with van der Waals surface area (Å²) in [5, 5.41) is 13.7. The third-order valence-corrected chi connectivity index (χ3v) is 4.05. The molecule has 0 aromatic heterocycles. The van der Waals surface area contributed by atoms with Gasteiger partial charge in [0.25, 0.3) is 5.69 Å². The number of rotatable bonds is 4. The summed E-state index contributed by atoms with van der Waals surface area (Å²) >= 11 is 0. The lowest BCUT2D eigenvalue weighted by Gasteiger charge is -2.51. The molecule has 2 rings (SSSR count). The molecule has 20 heavy (non-hydrogen) atoms. The van der Waals surface area contributed by atoms with Gasteiger partial charge in [-0.05, 0) is 12.5 Å². The number of ether oxygens (including phenoxy) is 1. The third-order valence-electron chi connectivity index (χ3n) is 4.05. The lowest BCUT2D eigenvalue weighted by Crippen LogP contribution is -2.57. The summed E-state index contributed by atoms with van der Waals surface area (Å²) in [5.41, 5.74) is -1.19. The first-order chi connectivity index (χ1) is 9.28. The van der Waals surface area contributed by atoms with Crippen LogP contribution in [-0.2, 0) is 4.74 Å². The molecule has 0 saturated heterocycles. The van der Waals surface area contributed by atoms with Crippen LogP contribution in [0.2, 0.25) is 0 Å². The first kappa shape index (κ1) is 14.6. The van der Waals surface area contributed by atoms with Crippen LogP contribution in [0.25, 0.3) is 0 Å². The van der Waals surface area contributed by atoms with Crippen LogP contribution >= 0.6 is 0 Å². The first-order valence-electron chi connectivity index (χ1n) is 6.20. The van der Waals surface area contributed by atoms with Gasteiger partial charge >= 0.3 is 0 Å². The number of benzene rings is 1. The molecule has 1 aromatic carbocycles. The van der Waals surface area contributed by atoms with E-state index in [1.807, 2.05) is 13.8 Å². The highest BCUT2D eigenvalue weighted by Gasteiger charge is 2.49. The molecule has 110 valence electrons. The second kappa shape index (κ2) is 4.97. The maximum Gasteiger partial charge on any atom is 0.295 e. The van der Waals surface area contributed by atoms with Gasteiger partial charge in [-0.2, -0.15) is 0 Å². The Bertz CT molecular complexity index is 549. The highest BCUT2D eigenvalue weighted by Crippen LogP contribution is 2.45. The van der Waals surface area contributed by atoms with Crippen molar-refractivity contribution < 1.29 is 18.4 Å². The Hall–Kier alpha value is -1.76. The van der Waals surface area contributed by atoms with Crippen LogP contribution in [-0.4, -0.2) is 24.2 Å². The predicted octanol–water partition coefficient (Wildman–Crippen LogP) is 3.10. The molecule has 0 heterocycles. The quantitative estimate of drug-likeness (QED) is 0.682. The van der Waals surface area contributed by atoms with E-state index >= 15 is 0 Å². The molecule has 5 nitrogen and oxygen atoms in total. The van der Waals surface area contributed by atoms with Gasteiger partial charge < -0.3 is 10.1 Å². The van der Waals surface area contributed by atoms with Gasteiger partial charge in [-0.1, -0.05) is 13.8 Å². The molecule has 1 aliphatic carbocycles. The summed E-state index contributed by atoms with van der Waals surface area (Å²) in [6.45, 7) is 3.82. The lowest BCUT2D eigenvalue weighted by atomic mass is 9.64. The molecule has 1 aliphatic rings. The van der Waals surface area contributed by atoms with Crippen LogP contribution < -0.4 is 5.32 Å². The molecule has 1 N–H and O–H groups in total. The number of nitro groups is 1. The Balaban J connectivity index is 2.31. The summed E-state index contributed by atoms with van der Waals surface area (Å²) in [4.78, 5) is 10.2. The number of nitro benzene ring substituents is 1. The number of methoxy groups -OCH3 is 1. The molecule has 1 saturated carbocycles. The van der Waals surface area contributed by atoms with Crippen molar-refractivity contribution in [3.8, 4) is 0 Å². The first-order valence-corrected chi connectivity index (χ1v) is 6.20. The second-order valence-electron chi connectivity index (χ2n) is 5.49. The van der Waals surface area contributed by atoms with Crippen LogP contribution in [0.1, 0.15) is 20.3 Å². The Morgan fingerprint density at radius 3 is 2.60 bits per heavy atom. The fraction of sp³-hybridized carbons (Fsp3) is 0.538. The molecular formula is C13H16F2N2O3. The average Bonchev–Trinajstić information content (AvgIpc) is 2.38. The fourth-order valence-electron chi connectivity index (χ4n) is 2.53. The molecule has 2 unspecified atom stereocenters. The highest BCUT2D eigenvalue weighted by atomic mass is 19.2. The van der Waals surface area contributed by atoms with E-state index < -0.39 is 27.9 Å². The molecular weight excluding hydrogens is 270 g/mol. The fourth-order valence-corrected chi connectivity index (χ4v) is 2.53. The van der Waals surface area contributed by atoms with Crippen molar-refractivity contribution >= 4 is 11.4 Å². The minimum absolute atomic E-state index is 0.0179. The van der Waals surface area contributed by atoms with E-state index in [1.54, 1.807) is 7.11 Å². The van der Waals surface area contributed by atoms with Crippen LogP contribution in [0.3, 0.4) is 0 Å². The number of nitrogens with zero attached hydrogens (tertiary/aromatic N) is 1. The van der Waals surface area contributed by atoms with Crippen molar-refractivity contribution in [3.63, 3.8) is 0 Å². The molecule has 7 heteroatoms. The number of hydrogen-bond donors (Lipinski definition) is 1. The van der Waals surface area contributed by atoms with Gasteiger partial charge in [-0.3, -0.25) is 10.1 Å². The maximum absolute atomic E-state index is 13.8. The van der Waals surface area contributed by atoms with Crippen molar-refractivity contribution in [2.24, 2.45) is 5.41 Å². The molecule has 2 atom stereocenters. The van der Waals surface area contributed by atoms with Crippen molar-refractivity contribution in [3.05, 3.63) is 33.9 Å². The maximum atomic E-state index is 13.8. The number of hydrogen-bond acceptors (Lipinski definition) is 4. The SMILES string of the molecule is COC1CC(Nc2c([N+](=O)[O-])ccc(F)c2F)C1(C)C. The van der Waals surface area contributed by atoms with Crippen molar-refractivity contribution in [2.45, 2.75) is 32.4 Å². The Labute approximate surface area is 115 Å². The van der Waals surface area contributed by atoms with Crippen molar-refractivity contribution in [2.75, 3.05) is 12.4 Å². The topological polar surface area (TPSA) is 64.4 Å². The molecule has 1 fully saturated rings. The minimum atomic E-state index is -1.23. The monoisotopic (exact) mass is 286 g/mol. The molecule has 0 amide bonds. The Kier molecular flexibility index (Phi) is 3.64. The number of nitrogens with one attached hydrogen (secondary N) is 1. The standard InChI is InChI=1S/C13H16F2N2O3/c1-13(2)9(6-10(13)20-3)16-12-8(17(18)19)5-4-7(14)11(12)15/h4-5,9-10,16H,6H2,1-3H3. The van der Waals surface area contributed by atoms with E-state index in [1.165, 1.54) is 0 Å². The summed E-state index contributed by atoms with van der Waals surface area (Å²) in [6, 6.07) is 1.49. The molecule has 0 bridgehead atoms. The molecule has 1 aromatic rings. The summed E-state index contributed by atoms with van der Waals surface area (Å²) < 4.78 is 32.3. The highest BCUT2D eigenvalue weighted by molar-refractivity contribution is 5.63. The summed E-state index contributed by atoms with van der Waals surface area (Å²) in [7, 11) is 1.58. The van der Waals surface area contributed by atoms with Gasteiger partial charge in [-0.25, -0.2) is 8.78 Å². The average molecular weight is 286 g/mol. The second-order valence-corrected chi connectivity index (χ2v) is 5.49. The van der Waals surface area contributed by atoms with Gasteiger partial charge in [0.2, 0.25) is 0 Å². The van der Waals surface area contributed by atoms with E-state index in [-0.39, 0.29) is 17.6 Å². The lowest BCUT2D eigenvalue weighted by molar-refractivity contribution is -0.384. The molecule has 0 spiro atoms. The van der Waals surface area contributed by atoms with Gasteiger partial charge in [0.1, 0.15) is 0 Å².